The van der Waals surface area contributed by atoms with Crippen LogP contribution in [0.15, 0.2) is 12.3 Å². The van der Waals surface area contributed by atoms with Gasteiger partial charge in [-0.2, -0.15) is 0 Å². The molecular weight excluding hydrogens is 170 g/mol. The third-order valence-corrected chi connectivity index (χ3v) is 3.69. The lowest BCUT2D eigenvalue weighted by Crippen LogP contribution is -2.46. The highest BCUT2D eigenvalue weighted by Crippen LogP contribution is 2.41. The van der Waals surface area contributed by atoms with Crippen molar-refractivity contribution in [3.05, 3.63) is 12.3 Å². The molecule has 1 saturated carbocycles. The van der Waals surface area contributed by atoms with Crippen LogP contribution in [-0.4, -0.2) is 5.54 Å². The Bertz CT molecular complexity index is 197. The van der Waals surface area contributed by atoms with Crippen molar-refractivity contribution in [2.75, 3.05) is 0 Å². The van der Waals surface area contributed by atoms with Crippen molar-refractivity contribution in [1.82, 2.24) is 5.32 Å². The van der Waals surface area contributed by atoms with E-state index in [0.717, 1.165) is 11.6 Å². The van der Waals surface area contributed by atoms with Crippen LogP contribution >= 0.6 is 0 Å². The summed E-state index contributed by atoms with van der Waals surface area (Å²) in [6.07, 6.45) is 8.05. The maximum atomic E-state index is 4.00. The molecule has 1 aliphatic carbocycles. The minimum Gasteiger partial charge on any atom is -0.383 e. The Morgan fingerprint density at radius 1 is 1.50 bits per heavy atom. The van der Waals surface area contributed by atoms with Gasteiger partial charge in [-0.1, -0.05) is 33.3 Å². The molecule has 1 nitrogen and oxygen atoms in total. The Hall–Kier alpha value is -0.460. The van der Waals surface area contributed by atoms with E-state index >= 15 is 0 Å². The van der Waals surface area contributed by atoms with E-state index < -0.39 is 0 Å². The summed E-state index contributed by atoms with van der Waals surface area (Å²) < 4.78 is 0. The molecule has 0 amide bonds. The van der Waals surface area contributed by atoms with Crippen molar-refractivity contribution in [3.8, 4) is 0 Å². The van der Waals surface area contributed by atoms with E-state index in [0.29, 0.717) is 5.54 Å². The van der Waals surface area contributed by atoms with Crippen LogP contribution in [0.25, 0.3) is 0 Å². The number of hydrogen-bond donors (Lipinski definition) is 1. The van der Waals surface area contributed by atoms with Gasteiger partial charge in [0.1, 0.15) is 0 Å². The monoisotopic (exact) mass is 195 g/mol. The Balaban J connectivity index is 2.69. The van der Waals surface area contributed by atoms with Crippen molar-refractivity contribution in [2.24, 2.45) is 5.92 Å². The zero-order valence-corrected chi connectivity index (χ0v) is 10.0. The van der Waals surface area contributed by atoms with Gasteiger partial charge in [-0.3, -0.25) is 0 Å². The summed E-state index contributed by atoms with van der Waals surface area (Å²) in [7, 11) is 0. The fourth-order valence-electron chi connectivity index (χ4n) is 3.06. The van der Waals surface area contributed by atoms with Crippen LogP contribution < -0.4 is 5.32 Å². The summed E-state index contributed by atoms with van der Waals surface area (Å²) in [5.41, 5.74) is 1.51. The van der Waals surface area contributed by atoms with Crippen molar-refractivity contribution in [1.29, 1.82) is 0 Å². The molecule has 0 aromatic carbocycles. The van der Waals surface area contributed by atoms with Crippen LogP contribution in [0.1, 0.15) is 59.3 Å². The molecular formula is C13H25N. The first-order chi connectivity index (χ1) is 6.64. The molecule has 0 spiro atoms. The van der Waals surface area contributed by atoms with E-state index in [1.165, 1.54) is 38.5 Å². The zero-order valence-electron chi connectivity index (χ0n) is 10.0. The smallest absolute Gasteiger partial charge is 0.0396 e. The van der Waals surface area contributed by atoms with E-state index in [1.54, 1.807) is 0 Å². The third-order valence-electron chi connectivity index (χ3n) is 3.69. The molecule has 0 aromatic rings. The fraction of sp³-hybridized carbons (Fsp3) is 0.846. The Labute approximate surface area is 89.0 Å². The molecule has 0 heterocycles. The largest absolute Gasteiger partial charge is 0.383 e. The first-order valence-corrected chi connectivity index (χ1v) is 6.08. The van der Waals surface area contributed by atoms with Gasteiger partial charge in [-0.05, 0) is 38.5 Å². The molecule has 1 fully saturated rings. The van der Waals surface area contributed by atoms with E-state index in [9.17, 15) is 0 Å². The second-order valence-corrected chi connectivity index (χ2v) is 4.79. The predicted molar refractivity (Wildman–Crippen MR) is 63.2 cm³/mol. The highest BCUT2D eigenvalue weighted by Gasteiger charge is 2.40. The molecule has 1 aliphatic rings. The highest BCUT2D eigenvalue weighted by molar-refractivity contribution is 5.04. The van der Waals surface area contributed by atoms with E-state index in [-0.39, 0.29) is 0 Å². The van der Waals surface area contributed by atoms with Gasteiger partial charge in [-0.15, -0.1) is 0 Å². The summed E-state index contributed by atoms with van der Waals surface area (Å²) in [6.45, 7) is 10.7. The second kappa shape index (κ2) is 4.86. The van der Waals surface area contributed by atoms with Gasteiger partial charge in [0.2, 0.25) is 0 Å². The lowest BCUT2D eigenvalue weighted by Gasteiger charge is -2.37. The number of allylic oxidation sites excluding steroid dienone is 1. The Morgan fingerprint density at radius 3 is 2.71 bits per heavy atom. The summed E-state index contributed by atoms with van der Waals surface area (Å²) in [5.74, 6) is 0.870. The van der Waals surface area contributed by atoms with Gasteiger partial charge in [0.15, 0.2) is 0 Å². The first kappa shape index (κ1) is 11.6. The van der Waals surface area contributed by atoms with Crippen molar-refractivity contribution >= 4 is 0 Å². The maximum Gasteiger partial charge on any atom is 0.0396 e. The molecule has 0 bridgehead atoms. The van der Waals surface area contributed by atoms with Crippen LogP contribution in [0.5, 0.6) is 0 Å². The Kier molecular flexibility index (Phi) is 4.03. The van der Waals surface area contributed by atoms with Gasteiger partial charge >= 0.3 is 0 Å². The molecule has 2 unspecified atom stereocenters. The van der Waals surface area contributed by atoms with Crippen LogP contribution in [0.4, 0.5) is 0 Å². The molecule has 2 atom stereocenters. The fourth-order valence-corrected chi connectivity index (χ4v) is 3.06. The average molecular weight is 195 g/mol. The van der Waals surface area contributed by atoms with E-state index in [2.05, 4.69) is 32.7 Å². The number of rotatable bonds is 5. The van der Waals surface area contributed by atoms with Gasteiger partial charge in [0.05, 0.1) is 0 Å². The molecule has 14 heavy (non-hydrogen) atoms. The first-order valence-electron chi connectivity index (χ1n) is 6.08. The van der Waals surface area contributed by atoms with Crippen LogP contribution in [-0.2, 0) is 0 Å². The van der Waals surface area contributed by atoms with Crippen molar-refractivity contribution in [2.45, 2.75) is 64.8 Å². The topological polar surface area (TPSA) is 12.0 Å². The lowest BCUT2D eigenvalue weighted by atomic mass is 9.81. The minimum atomic E-state index is 0.377. The van der Waals surface area contributed by atoms with Crippen LogP contribution in [0, 0.1) is 5.92 Å². The van der Waals surface area contributed by atoms with Gasteiger partial charge in [0.25, 0.3) is 0 Å². The maximum absolute atomic E-state index is 4.00. The van der Waals surface area contributed by atoms with Crippen LogP contribution in [0.3, 0.4) is 0 Å². The number of hydrogen-bond acceptors (Lipinski definition) is 1. The molecule has 1 rings (SSSR count). The summed E-state index contributed by atoms with van der Waals surface area (Å²) >= 11 is 0. The minimum absolute atomic E-state index is 0.377. The molecule has 0 saturated heterocycles. The molecule has 0 radical (unpaired) electrons. The average Bonchev–Trinajstić information content (AvgIpc) is 2.49. The number of nitrogens with one attached hydrogen (secondary N) is 1. The highest BCUT2D eigenvalue weighted by atomic mass is 15.0. The SMILES string of the molecule is C=C(C)NC1(CC)CCCC1CCC. The van der Waals surface area contributed by atoms with Gasteiger partial charge in [0, 0.05) is 11.2 Å². The molecule has 1 heteroatoms. The normalized spacial score (nSPS) is 31.8. The standard InChI is InChI=1S/C13H25N/c1-5-8-12-9-7-10-13(12,6-2)14-11(3)4/h12,14H,3,5-10H2,1-2,4H3. The summed E-state index contributed by atoms with van der Waals surface area (Å²) in [5, 5.41) is 3.65. The molecule has 0 aliphatic heterocycles. The lowest BCUT2D eigenvalue weighted by molar-refractivity contribution is 0.241. The van der Waals surface area contributed by atoms with Gasteiger partial charge < -0.3 is 5.32 Å². The van der Waals surface area contributed by atoms with Crippen molar-refractivity contribution < 1.29 is 0 Å². The molecule has 0 aromatic heterocycles. The molecule has 82 valence electrons. The predicted octanol–water partition coefficient (Wildman–Crippen LogP) is 3.86. The zero-order chi connectivity index (χ0) is 10.6. The second-order valence-electron chi connectivity index (χ2n) is 4.79. The third kappa shape index (κ3) is 2.31. The van der Waals surface area contributed by atoms with Crippen molar-refractivity contribution in [3.63, 3.8) is 0 Å². The van der Waals surface area contributed by atoms with E-state index in [1.807, 2.05) is 0 Å². The summed E-state index contributed by atoms with van der Waals surface area (Å²) in [6, 6.07) is 0. The molecule has 1 N–H and O–H groups in total. The quantitative estimate of drug-likeness (QED) is 0.702. The Morgan fingerprint density at radius 2 is 2.21 bits per heavy atom. The summed E-state index contributed by atoms with van der Waals surface area (Å²) in [4.78, 5) is 0. The van der Waals surface area contributed by atoms with Crippen LogP contribution in [0.2, 0.25) is 0 Å². The van der Waals surface area contributed by atoms with Gasteiger partial charge in [-0.25, -0.2) is 0 Å². The van der Waals surface area contributed by atoms with E-state index in [4.69, 9.17) is 0 Å².